The molecular weight excluding hydrogens is 234 g/mol. The fourth-order valence-corrected chi connectivity index (χ4v) is 2.78. The van der Waals surface area contributed by atoms with Crippen LogP contribution in [0.15, 0.2) is 11.4 Å². The summed E-state index contributed by atoms with van der Waals surface area (Å²) in [6.45, 7) is 1.86. The molecule has 3 nitrogen and oxygen atoms in total. The van der Waals surface area contributed by atoms with Gasteiger partial charge in [0, 0.05) is 11.4 Å². The van der Waals surface area contributed by atoms with Gasteiger partial charge < -0.3 is 5.11 Å². The Bertz CT molecular complexity index is 340. The van der Waals surface area contributed by atoms with Gasteiger partial charge in [-0.3, -0.25) is 9.69 Å². The zero-order valence-corrected chi connectivity index (χ0v) is 9.94. The van der Waals surface area contributed by atoms with Gasteiger partial charge >= 0.3 is 5.97 Å². The zero-order chi connectivity index (χ0) is 9.97. The van der Waals surface area contributed by atoms with Crippen molar-refractivity contribution in [3.8, 4) is 0 Å². The summed E-state index contributed by atoms with van der Waals surface area (Å²) in [4.78, 5) is 14.0. The van der Waals surface area contributed by atoms with E-state index in [0.717, 1.165) is 25.9 Å². The van der Waals surface area contributed by atoms with Crippen molar-refractivity contribution in [2.24, 2.45) is 0 Å². The molecule has 0 spiro atoms. The molecule has 84 valence electrons. The lowest BCUT2D eigenvalue weighted by Gasteiger charge is -2.16. The molecule has 0 aromatic carbocycles. The zero-order valence-electron chi connectivity index (χ0n) is 8.31. The minimum atomic E-state index is -0.733. The Morgan fingerprint density at radius 2 is 2.40 bits per heavy atom. The first-order valence-corrected chi connectivity index (χ1v) is 5.63. The predicted molar refractivity (Wildman–Crippen MR) is 62.8 cm³/mol. The number of carbonyl (C=O) groups is 1. The Balaban J connectivity index is 0.00000112. The summed E-state index contributed by atoms with van der Waals surface area (Å²) in [6.07, 6.45) is 2.17. The molecule has 1 aliphatic rings. The van der Waals surface area contributed by atoms with E-state index in [-0.39, 0.29) is 19.0 Å². The summed E-state index contributed by atoms with van der Waals surface area (Å²) in [7, 11) is 0. The van der Waals surface area contributed by atoms with E-state index in [1.165, 1.54) is 10.4 Å². The van der Waals surface area contributed by atoms with Crippen molar-refractivity contribution in [2.75, 3.05) is 13.1 Å². The molecule has 0 saturated heterocycles. The van der Waals surface area contributed by atoms with Crippen LogP contribution in [0.1, 0.15) is 16.9 Å². The SMILES string of the molecule is Cl.O=C(O)CN1CCCc2sccc2C1. The number of hydrogen-bond donors (Lipinski definition) is 1. The van der Waals surface area contributed by atoms with E-state index in [2.05, 4.69) is 11.4 Å². The van der Waals surface area contributed by atoms with Gasteiger partial charge in [0.1, 0.15) is 0 Å². The van der Waals surface area contributed by atoms with Crippen molar-refractivity contribution in [3.05, 3.63) is 21.9 Å². The lowest BCUT2D eigenvalue weighted by atomic mass is 10.2. The Morgan fingerprint density at radius 3 is 3.13 bits per heavy atom. The number of aliphatic carboxylic acids is 1. The third kappa shape index (κ3) is 3.19. The van der Waals surface area contributed by atoms with Gasteiger partial charge in [0.15, 0.2) is 0 Å². The van der Waals surface area contributed by atoms with Crippen molar-refractivity contribution in [2.45, 2.75) is 19.4 Å². The molecular formula is C10H14ClNO2S. The Hall–Kier alpha value is -0.580. The molecule has 15 heavy (non-hydrogen) atoms. The van der Waals surface area contributed by atoms with E-state index >= 15 is 0 Å². The van der Waals surface area contributed by atoms with Gasteiger partial charge in [-0.15, -0.1) is 23.7 Å². The quantitative estimate of drug-likeness (QED) is 0.869. The van der Waals surface area contributed by atoms with E-state index in [1.807, 2.05) is 4.90 Å². The van der Waals surface area contributed by atoms with Crippen LogP contribution >= 0.6 is 23.7 Å². The molecule has 0 saturated carbocycles. The first-order chi connectivity index (χ1) is 6.75. The van der Waals surface area contributed by atoms with Crippen molar-refractivity contribution in [1.82, 2.24) is 4.90 Å². The molecule has 1 aromatic heterocycles. The van der Waals surface area contributed by atoms with E-state index in [1.54, 1.807) is 11.3 Å². The Morgan fingerprint density at radius 1 is 1.60 bits per heavy atom. The fourth-order valence-electron chi connectivity index (χ4n) is 1.84. The molecule has 0 aliphatic carbocycles. The number of carboxylic acid groups (broad SMARTS) is 1. The number of rotatable bonds is 2. The predicted octanol–water partition coefficient (Wildman–Crippen LogP) is 2.00. The van der Waals surface area contributed by atoms with E-state index in [4.69, 9.17) is 5.11 Å². The molecule has 1 N–H and O–H groups in total. The Kier molecular flexibility index (Phi) is 4.57. The van der Waals surface area contributed by atoms with Crippen LogP contribution in [0.4, 0.5) is 0 Å². The van der Waals surface area contributed by atoms with Gasteiger partial charge in [-0.1, -0.05) is 0 Å². The first kappa shape index (κ1) is 12.5. The molecule has 0 unspecified atom stereocenters. The second kappa shape index (κ2) is 5.49. The van der Waals surface area contributed by atoms with Gasteiger partial charge in [0.2, 0.25) is 0 Å². The fraction of sp³-hybridized carbons (Fsp3) is 0.500. The maximum absolute atomic E-state index is 10.6. The summed E-state index contributed by atoms with van der Waals surface area (Å²) in [5.74, 6) is -0.733. The van der Waals surface area contributed by atoms with Gasteiger partial charge in [-0.2, -0.15) is 0 Å². The molecule has 2 heterocycles. The minimum Gasteiger partial charge on any atom is -0.480 e. The summed E-state index contributed by atoms with van der Waals surface area (Å²) < 4.78 is 0. The number of hydrogen-bond acceptors (Lipinski definition) is 3. The van der Waals surface area contributed by atoms with Gasteiger partial charge in [0.05, 0.1) is 6.54 Å². The van der Waals surface area contributed by atoms with E-state index in [0.29, 0.717) is 0 Å². The van der Waals surface area contributed by atoms with Crippen molar-refractivity contribution >= 4 is 29.7 Å². The van der Waals surface area contributed by atoms with Crippen LogP contribution in [0.5, 0.6) is 0 Å². The average molecular weight is 248 g/mol. The second-order valence-electron chi connectivity index (χ2n) is 3.58. The smallest absolute Gasteiger partial charge is 0.317 e. The Labute approximate surface area is 99.1 Å². The van der Waals surface area contributed by atoms with Crippen molar-refractivity contribution in [1.29, 1.82) is 0 Å². The van der Waals surface area contributed by atoms with Crippen LogP contribution in [0, 0.1) is 0 Å². The number of halogens is 1. The number of fused-ring (bicyclic) bond motifs is 1. The van der Waals surface area contributed by atoms with Gasteiger partial charge in [-0.05, 0) is 36.4 Å². The molecule has 5 heteroatoms. The normalized spacial score (nSPS) is 16.3. The topological polar surface area (TPSA) is 40.5 Å². The number of carboxylic acids is 1. The largest absolute Gasteiger partial charge is 0.480 e. The summed E-state index contributed by atoms with van der Waals surface area (Å²) in [5, 5.41) is 10.8. The third-order valence-electron chi connectivity index (χ3n) is 2.47. The van der Waals surface area contributed by atoms with Crippen molar-refractivity contribution in [3.63, 3.8) is 0 Å². The summed E-state index contributed by atoms with van der Waals surface area (Å²) in [5.41, 5.74) is 1.31. The highest BCUT2D eigenvalue weighted by Gasteiger charge is 2.16. The molecule has 0 fully saturated rings. The van der Waals surface area contributed by atoms with Crippen molar-refractivity contribution < 1.29 is 9.90 Å². The minimum absolute atomic E-state index is 0. The molecule has 0 radical (unpaired) electrons. The van der Waals surface area contributed by atoms with E-state index < -0.39 is 5.97 Å². The molecule has 0 bridgehead atoms. The summed E-state index contributed by atoms with van der Waals surface area (Å²) in [6, 6.07) is 2.11. The lowest BCUT2D eigenvalue weighted by molar-refractivity contribution is -0.138. The van der Waals surface area contributed by atoms with Crippen LogP contribution in [0.3, 0.4) is 0 Å². The highest BCUT2D eigenvalue weighted by molar-refractivity contribution is 7.10. The molecule has 1 aliphatic heterocycles. The maximum Gasteiger partial charge on any atom is 0.317 e. The maximum atomic E-state index is 10.6. The molecule has 1 aromatic rings. The molecule has 2 rings (SSSR count). The van der Waals surface area contributed by atoms with E-state index in [9.17, 15) is 4.79 Å². The van der Waals surface area contributed by atoms with Crippen LogP contribution in [0.25, 0.3) is 0 Å². The summed E-state index contributed by atoms with van der Waals surface area (Å²) >= 11 is 1.79. The number of thiophene rings is 1. The average Bonchev–Trinajstić information content (AvgIpc) is 2.44. The number of nitrogens with zero attached hydrogens (tertiary/aromatic N) is 1. The molecule has 0 amide bonds. The highest BCUT2D eigenvalue weighted by Crippen LogP contribution is 2.23. The standard InChI is InChI=1S/C10H13NO2S.ClH/c12-10(13)7-11-4-1-2-9-8(6-11)3-5-14-9;/h3,5H,1-2,4,6-7H2,(H,12,13);1H. The lowest BCUT2D eigenvalue weighted by Crippen LogP contribution is -2.29. The molecule has 0 atom stereocenters. The third-order valence-corrected chi connectivity index (χ3v) is 3.49. The van der Waals surface area contributed by atoms with Crippen LogP contribution < -0.4 is 0 Å². The second-order valence-corrected chi connectivity index (χ2v) is 4.58. The van der Waals surface area contributed by atoms with Crippen LogP contribution in [-0.4, -0.2) is 29.1 Å². The van der Waals surface area contributed by atoms with Crippen LogP contribution in [-0.2, 0) is 17.8 Å². The monoisotopic (exact) mass is 247 g/mol. The van der Waals surface area contributed by atoms with Gasteiger partial charge in [0.25, 0.3) is 0 Å². The first-order valence-electron chi connectivity index (χ1n) is 4.75. The number of aryl methyl sites for hydroxylation is 1. The highest BCUT2D eigenvalue weighted by atomic mass is 35.5. The van der Waals surface area contributed by atoms with Crippen LogP contribution in [0.2, 0.25) is 0 Å². The van der Waals surface area contributed by atoms with Gasteiger partial charge in [-0.25, -0.2) is 0 Å².